The second kappa shape index (κ2) is 23.8. The highest BCUT2D eigenvalue weighted by molar-refractivity contribution is 6.61. The minimum Gasteiger partial charge on any atom is -0.464 e. The number of carbonyl (C=O) groups is 4. The number of nitrogens with one attached hydrogen (secondary N) is 1. The van der Waals surface area contributed by atoms with Crippen LogP contribution in [0.15, 0.2) is 69.9 Å². The van der Waals surface area contributed by atoms with Gasteiger partial charge >= 0.3 is 37.9 Å². The number of benzene rings is 2. The largest absolute Gasteiger partial charge is 0.482 e. The first-order valence-electron chi connectivity index (χ1n) is 31.1. The first-order chi connectivity index (χ1) is 40.0. The maximum Gasteiger partial charge on any atom is 0.482 e. The number of rotatable bonds is 11. The molecule has 0 spiro atoms. The van der Waals surface area contributed by atoms with Crippen LogP contribution in [0.25, 0.3) is 21.9 Å². The van der Waals surface area contributed by atoms with E-state index in [2.05, 4.69) is 52.9 Å². The summed E-state index contributed by atoms with van der Waals surface area (Å²) in [5, 5.41) is 5.21. The van der Waals surface area contributed by atoms with Crippen LogP contribution in [0.1, 0.15) is 140 Å². The van der Waals surface area contributed by atoms with Crippen LogP contribution in [0, 0.1) is 58.2 Å². The van der Waals surface area contributed by atoms with Crippen molar-refractivity contribution in [1.82, 2.24) is 15.1 Å². The molecule has 16 rings (SSSR count). The molecule has 12 aliphatic rings. The van der Waals surface area contributed by atoms with E-state index in [0.29, 0.717) is 72.8 Å². The lowest BCUT2D eigenvalue weighted by Gasteiger charge is -2.64. The average Bonchev–Trinajstić information content (AvgIpc) is 1.69. The molecule has 6 heterocycles. The SMILES string of the molecule is C.CC(C)(C)OC(=O)N1C[C@@H]2C[C@@H]2[C@@H]1COC(=O)Cl.CC(C)(C)OC(=O)N1C[C@@H]2C[C@@H]2[C@@H]1COC(=O)N[C@@H](Cc1coc2ccccc12)B1O[C@@H]2C[C@@H]3C[C@@H](C3(C)C)[C@]2(C)O1.CC1(C)[C@@H]2C[C@H]3OB([C@@H](N)Cc4coc5ccccc45)O[C@@]3(C)[C@H]1C2.Cl. The van der Waals surface area contributed by atoms with Crippen molar-refractivity contribution in [3.05, 3.63) is 72.2 Å². The Morgan fingerprint density at radius 3 is 1.55 bits per heavy atom. The molecule has 18 nitrogen and oxygen atoms in total. The van der Waals surface area contributed by atoms with Gasteiger partial charge in [0.15, 0.2) is 0 Å². The highest BCUT2D eigenvalue weighted by Crippen LogP contribution is 2.67. The number of carbonyl (C=O) groups excluding carboxylic acids is 4. The highest BCUT2D eigenvalue weighted by Gasteiger charge is 2.70. The van der Waals surface area contributed by atoms with Crippen LogP contribution in [0.3, 0.4) is 0 Å². The number of halogens is 2. The maximum atomic E-state index is 13.4. The van der Waals surface area contributed by atoms with E-state index in [9.17, 15) is 19.2 Å². The molecule has 3 N–H and O–H groups in total. The highest BCUT2D eigenvalue weighted by atomic mass is 35.5. The predicted molar refractivity (Wildman–Crippen MR) is 334 cm³/mol. The number of para-hydroxylation sites is 2. The number of hydrogen-bond acceptors (Lipinski definition) is 15. The summed E-state index contributed by atoms with van der Waals surface area (Å²) >= 11 is 5.16. The molecule has 4 saturated heterocycles. The molecule has 2 aromatic carbocycles. The van der Waals surface area contributed by atoms with Gasteiger partial charge in [-0.25, -0.2) is 19.2 Å². The fraction of sp³-hybridized carbons (Fsp3) is 0.692. The van der Waals surface area contributed by atoms with Gasteiger partial charge < -0.3 is 67.2 Å². The van der Waals surface area contributed by atoms with Gasteiger partial charge in [-0.05, 0) is 188 Å². The molecule has 4 aromatic rings. The molecule has 22 heteroatoms. The second-order valence-electron chi connectivity index (χ2n) is 29.9. The Kier molecular flexibility index (Phi) is 17.9. The number of nitrogens with zero attached hydrogens (tertiary/aromatic N) is 2. The van der Waals surface area contributed by atoms with Crippen LogP contribution < -0.4 is 11.1 Å². The lowest BCUT2D eigenvalue weighted by Crippen LogP contribution is -2.65. The Labute approximate surface area is 524 Å². The average molecular weight is 1250 g/mol. The van der Waals surface area contributed by atoms with Gasteiger partial charge in [-0.15, -0.1) is 12.4 Å². The first-order valence-corrected chi connectivity index (χ1v) is 31.5. The molecular weight excluding hydrogens is 1150 g/mol. The van der Waals surface area contributed by atoms with E-state index in [4.69, 9.17) is 63.7 Å². The van der Waals surface area contributed by atoms with Crippen molar-refractivity contribution < 1.29 is 65.6 Å². The van der Waals surface area contributed by atoms with Crippen molar-refractivity contribution >= 4 is 83.9 Å². The predicted octanol–water partition coefficient (Wildman–Crippen LogP) is 12.8. The number of piperidine rings is 2. The number of amides is 3. The third kappa shape index (κ3) is 12.6. The number of nitrogens with two attached hydrogens (primary N) is 1. The molecule has 8 saturated carbocycles. The summed E-state index contributed by atoms with van der Waals surface area (Å²) in [7, 11) is -0.951. The van der Waals surface area contributed by atoms with Crippen LogP contribution in [-0.2, 0) is 50.4 Å². The normalized spacial score (nSPS) is 33.6. The molecule has 8 aliphatic carbocycles. The molecule has 0 radical (unpaired) electrons. The smallest absolute Gasteiger partial charge is 0.464 e. The summed E-state index contributed by atoms with van der Waals surface area (Å²) in [5.41, 5.74) is 8.36. The minimum atomic E-state index is -0.830. The molecular formula is C65H92B2Cl2N4O14. The number of fused-ring (bicyclic) bond motifs is 4. The summed E-state index contributed by atoms with van der Waals surface area (Å²) in [4.78, 5) is 52.2. The van der Waals surface area contributed by atoms with Gasteiger partial charge in [-0.1, -0.05) is 71.5 Å². The fourth-order valence-corrected chi connectivity index (χ4v) is 16.5. The van der Waals surface area contributed by atoms with Gasteiger partial charge in [0.25, 0.3) is 0 Å². The zero-order valence-electron chi connectivity index (χ0n) is 52.0. The monoisotopic (exact) mass is 1240 g/mol. The van der Waals surface area contributed by atoms with Crippen LogP contribution in [0.5, 0.6) is 0 Å². The number of alkyl carbamates (subject to hydrolysis) is 1. The lowest BCUT2D eigenvalue weighted by molar-refractivity contribution is -0.199. The molecule has 3 amide bonds. The molecule has 4 aliphatic heterocycles. The second-order valence-corrected chi connectivity index (χ2v) is 30.2. The topological polar surface area (TPSA) is 213 Å². The molecule has 476 valence electrons. The Morgan fingerprint density at radius 1 is 0.655 bits per heavy atom. The number of hydrogen-bond donors (Lipinski definition) is 2. The number of furan rings is 2. The van der Waals surface area contributed by atoms with Gasteiger partial charge in [0.2, 0.25) is 0 Å². The van der Waals surface area contributed by atoms with Crippen molar-refractivity contribution in [3.63, 3.8) is 0 Å². The number of likely N-dealkylation sites (tertiary alicyclic amines) is 2. The lowest BCUT2D eigenvalue weighted by atomic mass is 9.43. The van der Waals surface area contributed by atoms with Crippen molar-refractivity contribution in [2.75, 3.05) is 26.3 Å². The van der Waals surface area contributed by atoms with Crippen LogP contribution in [0.4, 0.5) is 19.2 Å². The summed E-state index contributed by atoms with van der Waals surface area (Å²) in [6, 6.07) is 15.7. The van der Waals surface area contributed by atoms with Crippen LogP contribution in [0.2, 0.25) is 0 Å². The van der Waals surface area contributed by atoms with Crippen LogP contribution >= 0.6 is 24.0 Å². The fourth-order valence-electron chi connectivity index (χ4n) is 16.5. The van der Waals surface area contributed by atoms with Gasteiger partial charge in [-0.2, -0.15) is 0 Å². The molecule has 0 unspecified atom stereocenters. The van der Waals surface area contributed by atoms with Crippen molar-refractivity contribution in [2.45, 2.75) is 200 Å². The molecule has 2 aromatic heterocycles. The van der Waals surface area contributed by atoms with E-state index in [1.165, 1.54) is 6.42 Å². The van der Waals surface area contributed by atoms with E-state index in [-0.39, 0.29) is 93.6 Å². The van der Waals surface area contributed by atoms with E-state index < -0.39 is 41.4 Å². The minimum absolute atomic E-state index is 0. The van der Waals surface area contributed by atoms with E-state index in [0.717, 1.165) is 71.1 Å². The third-order valence-corrected chi connectivity index (χ3v) is 21.7. The molecule has 16 atom stereocenters. The summed E-state index contributed by atoms with van der Waals surface area (Å²) in [5.74, 6) is 3.43. The maximum absolute atomic E-state index is 13.4. The Bertz CT molecular complexity index is 3180. The Hall–Kier alpha value is -4.69. The van der Waals surface area contributed by atoms with Gasteiger partial charge in [0.1, 0.15) is 35.6 Å². The quantitative estimate of drug-likeness (QED) is 0.0812. The van der Waals surface area contributed by atoms with Crippen LogP contribution in [-0.4, -0.2) is 133 Å². The molecule has 87 heavy (non-hydrogen) atoms. The molecule has 12 fully saturated rings. The van der Waals surface area contributed by atoms with Gasteiger partial charge in [0.05, 0.1) is 54.0 Å². The zero-order chi connectivity index (χ0) is 60.5. The van der Waals surface area contributed by atoms with Crippen molar-refractivity contribution in [1.29, 1.82) is 0 Å². The third-order valence-electron chi connectivity index (χ3n) is 21.6. The summed E-state index contributed by atoms with van der Waals surface area (Å²) in [6.07, 6.45) is 10.3. The Morgan fingerprint density at radius 2 is 1.09 bits per heavy atom. The van der Waals surface area contributed by atoms with E-state index in [1.54, 1.807) is 16.1 Å². The Balaban J connectivity index is 0.000000158. The first kappa shape index (κ1) is 65.3. The van der Waals surface area contributed by atoms with E-state index in [1.807, 2.05) is 90.3 Å². The van der Waals surface area contributed by atoms with Gasteiger partial charge in [0, 0.05) is 41.4 Å². The van der Waals surface area contributed by atoms with Gasteiger partial charge in [-0.3, -0.25) is 0 Å². The van der Waals surface area contributed by atoms with Crippen molar-refractivity contribution in [2.24, 2.45) is 63.9 Å². The summed E-state index contributed by atoms with van der Waals surface area (Å²) < 4.78 is 59.2. The van der Waals surface area contributed by atoms with Crippen molar-refractivity contribution in [3.8, 4) is 0 Å². The standard InChI is InChI=1S/C32H43BN2O7.C20H26BNO3.C12H18ClNO4.CH4.ClH/c1-30(2,3)40-29(37)35-15-18-11-22(18)23(35)17-39-28(36)34-27(12-19-16-38-24-10-8-7-9-21(19)24)33-41-26-14-20-13-25(31(20,4)5)32(26,6)42-33;1-19(2)13-9-16(19)20(3)17(10-13)24-21(25-20)18(22)8-12-11-23-15-7-5-4-6-14(12)15;1-12(2,3)18-11(16)14-5-7-4-8(7)9(14)6-17-10(13)15;;/h7-10,16,18,20,22-23,25-27H,11-15,17H2,1-6H3,(H,34,36);4-7,11,13,16-18H,8-10,22H2,1-3H3;7-9H,4-6H2,1-3H3;1H4;1H/t18-,20-,22-,23-,25-,26+,27-,32-;13-,16-,17+,18-,20-;7-,8-,9-;;/m000../s1. The zero-order valence-corrected chi connectivity index (χ0v) is 53.5. The summed E-state index contributed by atoms with van der Waals surface area (Å²) in [6.45, 7) is 26.5. The number of ether oxygens (including phenoxy) is 4. The molecule has 4 bridgehead atoms. The van der Waals surface area contributed by atoms with E-state index >= 15 is 0 Å².